The highest BCUT2D eigenvalue weighted by atomic mass is 16.5. The molecule has 1 unspecified atom stereocenters. The SMILES string of the molecule is COCN[C@H](C(=O)N1CCCC1c1ncc(-c2ccc(-c3ccc(-c4cnc([C@@H]5CCCN5C(=O)[C@H](Cc5cncn5C)NC(=O)O)[nH]4)cc3)cc2)[nH]1)[C@@H](C)OC. The van der Waals surface area contributed by atoms with E-state index in [1.54, 1.807) is 42.4 Å². The lowest BCUT2D eigenvalue weighted by atomic mass is 10.0. The average molecular weight is 779 g/mol. The molecule has 2 saturated heterocycles. The maximum absolute atomic E-state index is 13.7. The molecule has 5 aromatic rings. The van der Waals surface area contributed by atoms with Crippen LogP contribution in [0.1, 0.15) is 62.0 Å². The van der Waals surface area contributed by atoms with Crippen molar-refractivity contribution in [2.45, 2.75) is 69.3 Å². The monoisotopic (exact) mass is 778 g/mol. The Morgan fingerprint density at radius 2 is 1.35 bits per heavy atom. The zero-order chi connectivity index (χ0) is 40.1. The Balaban J connectivity index is 0.998. The van der Waals surface area contributed by atoms with Crippen molar-refractivity contribution in [3.63, 3.8) is 0 Å². The van der Waals surface area contributed by atoms with Gasteiger partial charge >= 0.3 is 6.09 Å². The molecule has 5 atom stereocenters. The molecule has 0 saturated carbocycles. The lowest BCUT2D eigenvalue weighted by molar-refractivity contribution is -0.138. The molecule has 16 heteroatoms. The second kappa shape index (κ2) is 17.5. The number of carboxylic acid groups (broad SMARTS) is 1. The van der Waals surface area contributed by atoms with Gasteiger partial charge in [0.15, 0.2) is 0 Å². The predicted molar refractivity (Wildman–Crippen MR) is 212 cm³/mol. The first-order chi connectivity index (χ1) is 27.6. The third-order valence-corrected chi connectivity index (χ3v) is 11.1. The fraction of sp³-hybridized carbons (Fsp3) is 0.415. The number of nitrogens with one attached hydrogen (secondary N) is 4. The summed E-state index contributed by atoms with van der Waals surface area (Å²) in [6, 6.07) is 14.6. The van der Waals surface area contributed by atoms with Gasteiger partial charge in [0.2, 0.25) is 11.8 Å². The Kier molecular flexibility index (Phi) is 12.1. The van der Waals surface area contributed by atoms with E-state index in [1.807, 2.05) is 37.2 Å². The number of rotatable bonds is 15. The minimum Gasteiger partial charge on any atom is -0.465 e. The molecule has 2 aliphatic heterocycles. The Morgan fingerprint density at radius 1 is 0.825 bits per heavy atom. The molecule has 7 rings (SSSR count). The Bertz CT molecular complexity index is 2140. The Hall–Kier alpha value is -5.84. The van der Waals surface area contributed by atoms with E-state index in [4.69, 9.17) is 14.5 Å². The molecule has 0 radical (unpaired) electrons. The van der Waals surface area contributed by atoms with Gasteiger partial charge in [-0.25, -0.2) is 19.7 Å². The number of hydrogen-bond donors (Lipinski definition) is 5. The van der Waals surface area contributed by atoms with Crippen LogP contribution < -0.4 is 10.6 Å². The summed E-state index contributed by atoms with van der Waals surface area (Å²) in [5, 5.41) is 15.1. The number of likely N-dealkylation sites (tertiary alicyclic amines) is 2. The fourth-order valence-corrected chi connectivity index (χ4v) is 7.90. The number of methoxy groups -OCH3 is 2. The van der Waals surface area contributed by atoms with Crippen molar-refractivity contribution in [3.8, 4) is 33.6 Å². The van der Waals surface area contributed by atoms with E-state index in [0.29, 0.717) is 18.9 Å². The van der Waals surface area contributed by atoms with Crippen molar-refractivity contribution >= 4 is 17.9 Å². The molecular weight excluding hydrogens is 729 g/mol. The van der Waals surface area contributed by atoms with E-state index in [2.05, 4.69) is 67.0 Å². The number of aromatic amines is 2. The summed E-state index contributed by atoms with van der Waals surface area (Å²) < 4.78 is 12.4. The van der Waals surface area contributed by atoms with Gasteiger partial charge in [0, 0.05) is 52.7 Å². The van der Waals surface area contributed by atoms with Crippen LogP contribution in [0.25, 0.3) is 33.6 Å². The van der Waals surface area contributed by atoms with Crippen LogP contribution in [0.15, 0.2) is 73.4 Å². The molecule has 300 valence electrons. The number of amides is 3. The minimum atomic E-state index is -1.25. The molecule has 57 heavy (non-hydrogen) atoms. The van der Waals surface area contributed by atoms with Crippen LogP contribution in [0, 0.1) is 0 Å². The minimum absolute atomic E-state index is 0.0315. The van der Waals surface area contributed by atoms with Crippen LogP contribution in [0.3, 0.4) is 0 Å². The molecule has 5 heterocycles. The number of ether oxygens (including phenoxy) is 2. The molecule has 3 aromatic heterocycles. The quantitative estimate of drug-likeness (QED) is 0.0933. The van der Waals surface area contributed by atoms with Crippen molar-refractivity contribution < 1.29 is 29.0 Å². The number of carbonyl (C=O) groups excluding carboxylic acids is 2. The number of H-pyrrole nitrogens is 2. The van der Waals surface area contributed by atoms with Crippen LogP contribution in [0.4, 0.5) is 4.79 Å². The van der Waals surface area contributed by atoms with E-state index >= 15 is 0 Å². The van der Waals surface area contributed by atoms with Crippen molar-refractivity contribution in [1.82, 2.24) is 49.9 Å². The first-order valence-corrected chi connectivity index (χ1v) is 19.3. The zero-order valence-electron chi connectivity index (χ0n) is 32.6. The van der Waals surface area contributed by atoms with Gasteiger partial charge in [-0.05, 0) is 54.9 Å². The molecule has 0 bridgehead atoms. The van der Waals surface area contributed by atoms with Gasteiger partial charge < -0.3 is 44.2 Å². The predicted octanol–water partition coefficient (Wildman–Crippen LogP) is 4.67. The van der Waals surface area contributed by atoms with Crippen LogP contribution in [0.2, 0.25) is 0 Å². The topological polar surface area (TPSA) is 196 Å². The second-order valence-corrected chi connectivity index (χ2v) is 14.7. The molecule has 2 fully saturated rings. The first-order valence-electron chi connectivity index (χ1n) is 19.3. The van der Waals surface area contributed by atoms with Gasteiger partial charge in [-0.2, -0.15) is 0 Å². The van der Waals surface area contributed by atoms with Gasteiger partial charge in [-0.1, -0.05) is 48.5 Å². The number of carbonyl (C=O) groups is 3. The van der Waals surface area contributed by atoms with E-state index in [1.165, 1.54) is 0 Å². The number of hydrogen-bond acceptors (Lipinski definition) is 9. The largest absolute Gasteiger partial charge is 0.465 e. The summed E-state index contributed by atoms with van der Waals surface area (Å²) in [5.74, 6) is 1.12. The highest BCUT2D eigenvalue weighted by Crippen LogP contribution is 2.35. The summed E-state index contributed by atoms with van der Waals surface area (Å²) in [5.41, 5.74) is 6.51. The molecule has 5 N–H and O–H groups in total. The molecule has 2 aliphatic rings. The molecule has 2 aromatic carbocycles. The van der Waals surface area contributed by atoms with Gasteiger partial charge in [0.05, 0.1) is 55.0 Å². The Morgan fingerprint density at radius 3 is 1.82 bits per heavy atom. The van der Waals surface area contributed by atoms with E-state index in [0.717, 1.165) is 70.8 Å². The highest BCUT2D eigenvalue weighted by Gasteiger charge is 2.38. The second-order valence-electron chi connectivity index (χ2n) is 14.7. The summed E-state index contributed by atoms with van der Waals surface area (Å²) in [4.78, 5) is 63.0. The van der Waals surface area contributed by atoms with Gasteiger partial charge in [-0.15, -0.1) is 0 Å². The van der Waals surface area contributed by atoms with Crippen LogP contribution >= 0.6 is 0 Å². The van der Waals surface area contributed by atoms with Crippen molar-refractivity contribution in [2.24, 2.45) is 7.05 Å². The van der Waals surface area contributed by atoms with Crippen LogP contribution in [-0.2, 0) is 32.5 Å². The molecule has 0 spiro atoms. The van der Waals surface area contributed by atoms with Gasteiger partial charge in [-0.3, -0.25) is 14.9 Å². The van der Waals surface area contributed by atoms with E-state index < -0.39 is 18.2 Å². The molecule has 0 aliphatic carbocycles. The molecule has 3 amide bonds. The van der Waals surface area contributed by atoms with E-state index in [-0.39, 0.29) is 43.2 Å². The maximum atomic E-state index is 13.7. The first kappa shape index (κ1) is 39.4. The number of imidazole rings is 3. The number of nitrogens with zero attached hydrogens (tertiary/aromatic N) is 6. The summed E-state index contributed by atoms with van der Waals surface area (Å²) in [7, 11) is 5.00. The van der Waals surface area contributed by atoms with Crippen molar-refractivity contribution in [1.29, 1.82) is 0 Å². The lowest BCUT2D eigenvalue weighted by Crippen LogP contribution is -2.52. The molecule has 16 nitrogen and oxygen atoms in total. The lowest BCUT2D eigenvalue weighted by Gasteiger charge is -2.30. The van der Waals surface area contributed by atoms with Crippen molar-refractivity contribution in [3.05, 3.63) is 90.8 Å². The standard InChI is InChI=1S/C41H50N10O6/c1-25(57-4)36(45-24-56-3)40(53)51-18-6-8-35(51)38-44-22-33(47-38)29-15-11-27(12-16-29)26-9-13-28(14-10-26)32-21-43-37(46-32)34-7-5-17-50(34)39(52)31(48-41(54)55)19-30-20-42-23-49(30)2/h9-16,20-23,25,31,34-36,45,48H,5-8,17-19,24H2,1-4H3,(H,43,46)(H,44,47)(H,54,55)/t25-,31+,34+,35?,36+/m1/s1. The van der Waals surface area contributed by atoms with Crippen LogP contribution in [-0.4, -0.2) is 115 Å². The third-order valence-electron chi connectivity index (χ3n) is 11.1. The van der Waals surface area contributed by atoms with Crippen molar-refractivity contribution in [2.75, 3.05) is 34.0 Å². The maximum Gasteiger partial charge on any atom is 0.405 e. The number of aryl methyl sites for hydroxylation is 1. The normalized spacial score (nSPS) is 18.5. The zero-order valence-corrected chi connectivity index (χ0v) is 32.6. The van der Waals surface area contributed by atoms with Gasteiger partial charge in [0.1, 0.15) is 23.7 Å². The number of benzene rings is 2. The average Bonchev–Trinajstić information content (AvgIpc) is 4.08. The third kappa shape index (κ3) is 8.62. The summed E-state index contributed by atoms with van der Waals surface area (Å²) in [6.07, 6.45) is 8.71. The smallest absolute Gasteiger partial charge is 0.405 e. The van der Waals surface area contributed by atoms with Crippen LogP contribution in [0.5, 0.6) is 0 Å². The van der Waals surface area contributed by atoms with Gasteiger partial charge in [0.25, 0.3) is 0 Å². The van der Waals surface area contributed by atoms with E-state index in [9.17, 15) is 19.5 Å². The molecular formula is C41H50N10O6. The number of aromatic nitrogens is 6. The summed E-state index contributed by atoms with van der Waals surface area (Å²) >= 11 is 0. The fourth-order valence-electron chi connectivity index (χ4n) is 7.90. The summed E-state index contributed by atoms with van der Waals surface area (Å²) in [6.45, 7) is 3.29. The Labute approximate surface area is 331 Å². The highest BCUT2D eigenvalue weighted by molar-refractivity contribution is 5.86.